The molecular formula is C19H27NO3. The maximum absolute atomic E-state index is 12.6. The molecule has 1 aliphatic heterocycles. The van der Waals surface area contributed by atoms with Gasteiger partial charge in [-0.2, -0.15) is 0 Å². The zero-order chi connectivity index (χ0) is 16.1. The molecule has 126 valence electrons. The van der Waals surface area contributed by atoms with Gasteiger partial charge in [-0.05, 0) is 68.7 Å². The van der Waals surface area contributed by atoms with Gasteiger partial charge < -0.3 is 14.7 Å². The van der Waals surface area contributed by atoms with E-state index >= 15 is 0 Å². The molecule has 1 N–H and O–H groups in total. The number of hydrogen-bond donors (Lipinski definition) is 1. The van der Waals surface area contributed by atoms with Crippen LogP contribution in [-0.2, 0) is 0 Å². The number of benzene rings is 1. The minimum absolute atomic E-state index is 0.0624. The number of nitrogens with zero attached hydrogens (tertiary/aromatic N) is 1. The molecule has 23 heavy (non-hydrogen) atoms. The lowest BCUT2D eigenvalue weighted by atomic mass is 9.97. The van der Waals surface area contributed by atoms with Crippen LogP contribution in [0.1, 0.15) is 55.3 Å². The van der Waals surface area contributed by atoms with Gasteiger partial charge in [0, 0.05) is 25.3 Å². The minimum atomic E-state index is 0.0624. The lowest BCUT2D eigenvalue weighted by molar-refractivity contribution is 0.0620. The summed E-state index contributed by atoms with van der Waals surface area (Å²) in [6.07, 6.45) is 8.41. The molecule has 1 saturated carbocycles. The summed E-state index contributed by atoms with van der Waals surface area (Å²) in [4.78, 5) is 14.4. The second-order valence-electron chi connectivity index (χ2n) is 6.84. The maximum atomic E-state index is 12.6. The normalized spacial score (nSPS) is 22.8. The molecule has 1 saturated heterocycles. The third kappa shape index (κ3) is 4.25. The zero-order valence-corrected chi connectivity index (χ0v) is 13.7. The molecule has 1 aromatic carbocycles. The van der Waals surface area contributed by atoms with Crippen LogP contribution in [0.15, 0.2) is 24.3 Å². The van der Waals surface area contributed by atoms with Crippen molar-refractivity contribution in [2.75, 3.05) is 19.7 Å². The van der Waals surface area contributed by atoms with Gasteiger partial charge >= 0.3 is 0 Å². The topological polar surface area (TPSA) is 49.8 Å². The smallest absolute Gasteiger partial charge is 0.253 e. The Bertz CT molecular complexity index is 508. The van der Waals surface area contributed by atoms with Gasteiger partial charge in [0.1, 0.15) is 5.75 Å². The van der Waals surface area contributed by atoms with E-state index in [-0.39, 0.29) is 18.4 Å². The Balaban J connectivity index is 1.58. The van der Waals surface area contributed by atoms with Crippen LogP contribution in [0.5, 0.6) is 5.75 Å². The van der Waals surface area contributed by atoms with Gasteiger partial charge in [0.05, 0.1) is 6.10 Å². The largest absolute Gasteiger partial charge is 0.490 e. The van der Waals surface area contributed by atoms with Crippen molar-refractivity contribution in [2.24, 2.45) is 5.92 Å². The van der Waals surface area contributed by atoms with Crippen molar-refractivity contribution in [1.82, 2.24) is 4.90 Å². The van der Waals surface area contributed by atoms with Crippen molar-refractivity contribution in [3.63, 3.8) is 0 Å². The molecule has 3 rings (SSSR count). The number of hydrogen-bond acceptors (Lipinski definition) is 3. The molecule has 0 bridgehead atoms. The lowest BCUT2D eigenvalue weighted by Gasteiger charge is -2.32. The van der Waals surface area contributed by atoms with Gasteiger partial charge in [-0.1, -0.05) is 6.42 Å². The SMILES string of the molecule is O=C(c1ccc(OC2CCCCC2)cc1)N1CCCC(CO)C1. The van der Waals surface area contributed by atoms with Crippen LogP contribution in [0.2, 0.25) is 0 Å². The first-order valence-electron chi connectivity index (χ1n) is 8.93. The summed E-state index contributed by atoms with van der Waals surface area (Å²) in [6.45, 7) is 1.61. The summed E-state index contributed by atoms with van der Waals surface area (Å²) in [7, 11) is 0. The predicted molar refractivity (Wildman–Crippen MR) is 89.7 cm³/mol. The maximum Gasteiger partial charge on any atom is 0.253 e. The van der Waals surface area contributed by atoms with E-state index in [2.05, 4.69) is 0 Å². The molecule has 1 unspecified atom stereocenters. The minimum Gasteiger partial charge on any atom is -0.490 e. The van der Waals surface area contributed by atoms with Crippen molar-refractivity contribution < 1.29 is 14.6 Å². The highest BCUT2D eigenvalue weighted by atomic mass is 16.5. The van der Waals surface area contributed by atoms with E-state index < -0.39 is 0 Å². The third-order valence-electron chi connectivity index (χ3n) is 5.02. The Morgan fingerprint density at radius 2 is 1.83 bits per heavy atom. The fourth-order valence-electron chi connectivity index (χ4n) is 3.63. The van der Waals surface area contributed by atoms with Crippen molar-refractivity contribution in [1.29, 1.82) is 0 Å². The lowest BCUT2D eigenvalue weighted by Crippen LogP contribution is -2.40. The average Bonchev–Trinajstić information content (AvgIpc) is 2.63. The number of carbonyl (C=O) groups excluding carboxylic acids is 1. The van der Waals surface area contributed by atoms with Crippen LogP contribution < -0.4 is 4.74 Å². The van der Waals surface area contributed by atoms with Crippen molar-refractivity contribution in [3.05, 3.63) is 29.8 Å². The second kappa shape index (κ2) is 7.82. The molecule has 1 amide bonds. The third-order valence-corrected chi connectivity index (χ3v) is 5.02. The molecule has 0 radical (unpaired) electrons. The Labute approximate surface area is 138 Å². The van der Waals surface area contributed by atoms with E-state index in [1.807, 2.05) is 29.2 Å². The fraction of sp³-hybridized carbons (Fsp3) is 0.632. The highest BCUT2D eigenvalue weighted by molar-refractivity contribution is 5.94. The number of likely N-dealkylation sites (tertiary alicyclic amines) is 1. The first-order chi connectivity index (χ1) is 11.3. The molecule has 0 aromatic heterocycles. The van der Waals surface area contributed by atoms with Crippen LogP contribution in [0.4, 0.5) is 0 Å². The summed E-state index contributed by atoms with van der Waals surface area (Å²) < 4.78 is 6.01. The quantitative estimate of drug-likeness (QED) is 0.927. The van der Waals surface area contributed by atoms with Crippen LogP contribution in [0, 0.1) is 5.92 Å². The Kier molecular flexibility index (Phi) is 5.55. The number of ether oxygens (including phenoxy) is 1. The summed E-state index contributed by atoms with van der Waals surface area (Å²) in [6, 6.07) is 7.55. The van der Waals surface area contributed by atoms with Crippen LogP contribution in [0.25, 0.3) is 0 Å². The molecule has 0 spiro atoms. The van der Waals surface area contributed by atoms with Crippen molar-refractivity contribution in [2.45, 2.75) is 51.0 Å². The number of carbonyl (C=O) groups is 1. The van der Waals surface area contributed by atoms with E-state index in [0.717, 1.165) is 38.0 Å². The summed E-state index contributed by atoms with van der Waals surface area (Å²) >= 11 is 0. The fourth-order valence-corrected chi connectivity index (χ4v) is 3.63. The number of piperidine rings is 1. The van der Waals surface area contributed by atoms with Crippen molar-refractivity contribution >= 4 is 5.91 Å². The van der Waals surface area contributed by atoms with E-state index in [9.17, 15) is 9.90 Å². The van der Waals surface area contributed by atoms with E-state index in [1.54, 1.807) is 0 Å². The van der Waals surface area contributed by atoms with Crippen molar-refractivity contribution in [3.8, 4) is 5.75 Å². The first-order valence-corrected chi connectivity index (χ1v) is 8.93. The van der Waals surface area contributed by atoms with Gasteiger partial charge in [0.15, 0.2) is 0 Å². The molecule has 4 nitrogen and oxygen atoms in total. The first kappa shape index (κ1) is 16.3. The summed E-state index contributed by atoms with van der Waals surface area (Å²) in [5.41, 5.74) is 0.708. The molecule has 1 aromatic rings. The van der Waals surface area contributed by atoms with Gasteiger partial charge in [-0.25, -0.2) is 0 Å². The molecular weight excluding hydrogens is 290 g/mol. The number of aliphatic hydroxyl groups excluding tert-OH is 1. The van der Waals surface area contributed by atoms with Gasteiger partial charge in [0.25, 0.3) is 5.91 Å². The zero-order valence-electron chi connectivity index (χ0n) is 13.7. The molecule has 1 aliphatic carbocycles. The Hall–Kier alpha value is -1.55. The molecule has 1 atom stereocenters. The predicted octanol–water partition coefficient (Wildman–Crippen LogP) is 3.24. The van der Waals surface area contributed by atoms with Gasteiger partial charge in [-0.3, -0.25) is 4.79 Å². The average molecular weight is 317 g/mol. The van der Waals surface area contributed by atoms with Crippen LogP contribution in [-0.4, -0.2) is 41.7 Å². The van der Waals surface area contributed by atoms with Crippen LogP contribution >= 0.6 is 0 Å². The monoisotopic (exact) mass is 317 g/mol. The van der Waals surface area contributed by atoms with Crippen LogP contribution in [0.3, 0.4) is 0 Å². The Morgan fingerprint density at radius 3 is 2.52 bits per heavy atom. The Morgan fingerprint density at radius 1 is 1.09 bits per heavy atom. The highest BCUT2D eigenvalue weighted by Crippen LogP contribution is 2.24. The standard InChI is InChI=1S/C19H27NO3/c21-14-15-5-4-12-20(13-15)19(22)16-8-10-18(11-9-16)23-17-6-2-1-3-7-17/h8-11,15,17,21H,1-7,12-14H2. The molecule has 1 heterocycles. The number of aliphatic hydroxyl groups is 1. The number of rotatable bonds is 4. The molecule has 4 heteroatoms. The summed E-state index contributed by atoms with van der Waals surface area (Å²) in [5, 5.41) is 9.30. The molecule has 2 fully saturated rings. The van der Waals surface area contributed by atoms with E-state index in [1.165, 1.54) is 19.3 Å². The van der Waals surface area contributed by atoms with Gasteiger partial charge in [-0.15, -0.1) is 0 Å². The highest BCUT2D eigenvalue weighted by Gasteiger charge is 2.24. The molecule has 2 aliphatic rings. The van der Waals surface area contributed by atoms with Gasteiger partial charge in [0.2, 0.25) is 0 Å². The number of amides is 1. The van der Waals surface area contributed by atoms with E-state index in [4.69, 9.17) is 4.74 Å². The van der Waals surface area contributed by atoms with E-state index in [0.29, 0.717) is 18.2 Å². The summed E-state index contributed by atoms with van der Waals surface area (Å²) in [5.74, 6) is 1.15. The second-order valence-corrected chi connectivity index (χ2v) is 6.84.